The van der Waals surface area contributed by atoms with E-state index in [1.165, 1.54) is 0 Å². The van der Waals surface area contributed by atoms with Crippen LogP contribution in [0.4, 0.5) is 0 Å². The van der Waals surface area contributed by atoms with Crippen LogP contribution in [-0.4, -0.2) is 21.1 Å². The van der Waals surface area contributed by atoms with Crippen molar-refractivity contribution in [1.82, 2.24) is 4.98 Å². The summed E-state index contributed by atoms with van der Waals surface area (Å²) in [7, 11) is 0. The van der Waals surface area contributed by atoms with Crippen molar-refractivity contribution in [2.45, 2.75) is 13.8 Å². The van der Waals surface area contributed by atoms with Crippen LogP contribution in [0.15, 0.2) is 53.8 Å². The molecule has 1 aromatic heterocycles. The number of hydrogen-bond donors (Lipinski definition) is 3. The van der Waals surface area contributed by atoms with E-state index >= 15 is 0 Å². The summed E-state index contributed by atoms with van der Waals surface area (Å²) in [5, 5.41) is 22.5. The summed E-state index contributed by atoms with van der Waals surface area (Å²) in [5.74, 6) is 0.130. The van der Waals surface area contributed by atoms with E-state index in [0.717, 1.165) is 33.5 Å². The highest BCUT2D eigenvalue weighted by Gasteiger charge is 2.19. The normalized spacial score (nSPS) is 11.6. The van der Waals surface area contributed by atoms with Crippen LogP contribution in [0.3, 0.4) is 0 Å². The zero-order valence-electron chi connectivity index (χ0n) is 14.4. The molecule has 0 fully saturated rings. The van der Waals surface area contributed by atoms with Crippen LogP contribution in [0.1, 0.15) is 16.8 Å². The SMILES string of the molecule is Cc1cnc(C)c(-c2c(/C(N)=N/O)cc(Cl)cc2-c2ccc(O)cc2)c1. The lowest BCUT2D eigenvalue weighted by Crippen LogP contribution is -2.15. The third-order valence-corrected chi connectivity index (χ3v) is 4.38. The summed E-state index contributed by atoms with van der Waals surface area (Å²) in [6.07, 6.45) is 1.79. The minimum absolute atomic E-state index is 0.0385. The van der Waals surface area contributed by atoms with Gasteiger partial charge in [0.1, 0.15) is 5.75 Å². The molecule has 0 unspecified atom stereocenters. The Balaban J connectivity index is 2.42. The second-order valence-electron chi connectivity index (χ2n) is 6.05. The Labute approximate surface area is 156 Å². The smallest absolute Gasteiger partial charge is 0.170 e. The number of phenolic OH excluding ortho intramolecular Hbond substituents is 1. The van der Waals surface area contributed by atoms with E-state index in [0.29, 0.717) is 10.6 Å². The summed E-state index contributed by atoms with van der Waals surface area (Å²) >= 11 is 6.31. The molecule has 0 radical (unpaired) electrons. The summed E-state index contributed by atoms with van der Waals surface area (Å²) < 4.78 is 0. The van der Waals surface area contributed by atoms with Gasteiger partial charge in [-0.1, -0.05) is 28.9 Å². The molecule has 132 valence electrons. The molecule has 0 spiro atoms. The van der Waals surface area contributed by atoms with Gasteiger partial charge in [-0.25, -0.2) is 0 Å². The zero-order valence-corrected chi connectivity index (χ0v) is 15.1. The van der Waals surface area contributed by atoms with E-state index in [2.05, 4.69) is 10.1 Å². The molecule has 0 aliphatic carbocycles. The lowest BCUT2D eigenvalue weighted by Gasteiger charge is -2.18. The van der Waals surface area contributed by atoms with Gasteiger partial charge < -0.3 is 16.0 Å². The van der Waals surface area contributed by atoms with Crippen LogP contribution in [0.2, 0.25) is 5.02 Å². The number of aryl methyl sites for hydroxylation is 2. The van der Waals surface area contributed by atoms with Crippen molar-refractivity contribution < 1.29 is 10.3 Å². The highest BCUT2D eigenvalue weighted by Crippen LogP contribution is 2.39. The van der Waals surface area contributed by atoms with Gasteiger partial charge in [-0.2, -0.15) is 0 Å². The van der Waals surface area contributed by atoms with Gasteiger partial charge in [0, 0.05) is 33.6 Å². The van der Waals surface area contributed by atoms with Crippen LogP contribution in [-0.2, 0) is 0 Å². The number of aromatic hydroxyl groups is 1. The second kappa shape index (κ2) is 7.06. The minimum atomic E-state index is -0.0385. The van der Waals surface area contributed by atoms with Crippen molar-refractivity contribution in [2.75, 3.05) is 0 Å². The average molecular weight is 368 g/mol. The first-order chi connectivity index (χ1) is 12.4. The van der Waals surface area contributed by atoms with Crippen molar-refractivity contribution in [3.8, 4) is 28.0 Å². The van der Waals surface area contributed by atoms with E-state index in [-0.39, 0.29) is 11.6 Å². The number of aromatic nitrogens is 1. The van der Waals surface area contributed by atoms with Gasteiger partial charge in [-0.3, -0.25) is 4.98 Å². The predicted octanol–water partition coefficient (Wildman–Crippen LogP) is 4.49. The van der Waals surface area contributed by atoms with Crippen LogP contribution in [0.5, 0.6) is 5.75 Å². The quantitative estimate of drug-likeness (QED) is 0.275. The van der Waals surface area contributed by atoms with Crippen LogP contribution in [0, 0.1) is 13.8 Å². The van der Waals surface area contributed by atoms with Gasteiger partial charge in [-0.05, 0) is 60.9 Å². The fourth-order valence-electron chi connectivity index (χ4n) is 2.91. The fraction of sp³-hybridized carbons (Fsp3) is 0.100. The predicted molar refractivity (Wildman–Crippen MR) is 104 cm³/mol. The number of nitrogens with zero attached hydrogens (tertiary/aromatic N) is 2. The third-order valence-electron chi connectivity index (χ3n) is 4.16. The minimum Gasteiger partial charge on any atom is -0.508 e. The molecule has 5 nitrogen and oxygen atoms in total. The first-order valence-corrected chi connectivity index (χ1v) is 8.33. The van der Waals surface area contributed by atoms with Gasteiger partial charge in [0.15, 0.2) is 5.84 Å². The number of halogens is 1. The zero-order chi connectivity index (χ0) is 18.8. The number of phenols is 1. The lowest BCUT2D eigenvalue weighted by atomic mass is 9.89. The van der Waals surface area contributed by atoms with Crippen molar-refractivity contribution in [2.24, 2.45) is 10.9 Å². The Morgan fingerprint density at radius 1 is 1.08 bits per heavy atom. The molecule has 0 atom stereocenters. The maximum Gasteiger partial charge on any atom is 0.170 e. The van der Waals surface area contributed by atoms with Gasteiger partial charge in [-0.15, -0.1) is 0 Å². The first kappa shape index (κ1) is 17.8. The van der Waals surface area contributed by atoms with E-state index in [9.17, 15) is 10.3 Å². The number of hydrogen-bond acceptors (Lipinski definition) is 4. The van der Waals surface area contributed by atoms with E-state index in [4.69, 9.17) is 17.3 Å². The van der Waals surface area contributed by atoms with E-state index in [1.807, 2.05) is 26.0 Å². The summed E-state index contributed by atoms with van der Waals surface area (Å²) in [5.41, 5.74) is 11.5. The molecule has 2 aromatic carbocycles. The highest BCUT2D eigenvalue weighted by atomic mass is 35.5. The molecule has 0 aliphatic heterocycles. The van der Waals surface area contributed by atoms with Crippen LogP contribution >= 0.6 is 11.6 Å². The Bertz CT molecular complexity index is 999. The number of nitrogens with two attached hydrogens (primary N) is 1. The topological polar surface area (TPSA) is 91.7 Å². The molecule has 3 rings (SSSR count). The highest BCUT2D eigenvalue weighted by molar-refractivity contribution is 6.31. The number of amidine groups is 1. The van der Waals surface area contributed by atoms with Gasteiger partial charge in [0.25, 0.3) is 0 Å². The largest absolute Gasteiger partial charge is 0.508 e. The number of rotatable bonds is 3. The van der Waals surface area contributed by atoms with Gasteiger partial charge in [0.2, 0.25) is 0 Å². The molecule has 4 N–H and O–H groups in total. The summed E-state index contributed by atoms with van der Waals surface area (Å²) in [4.78, 5) is 4.44. The Morgan fingerprint density at radius 3 is 2.42 bits per heavy atom. The molecule has 3 aromatic rings. The number of benzene rings is 2. The van der Waals surface area contributed by atoms with Gasteiger partial charge >= 0.3 is 0 Å². The molecule has 0 bridgehead atoms. The van der Waals surface area contributed by atoms with Crippen LogP contribution < -0.4 is 5.73 Å². The van der Waals surface area contributed by atoms with Crippen molar-refractivity contribution in [3.63, 3.8) is 0 Å². The maximum absolute atomic E-state index is 9.60. The first-order valence-electron chi connectivity index (χ1n) is 7.95. The maximum atomic E-state index is 9.60. The third kappa shape index (κ3) is 3.34. The molecule has 0 saturated carbocycles. The molecule has 1 heterocycles. The molecular weight excluding hydrogens is 350 g/mol. The van der Waals surface area contributed by atoms with Crippen molar-refractivity contribution in [1.29, 1.82) is 0 Å². The van der Waals surface area contributed by atoms with Crippen LogP contribution in [0.25, 0.3) is 22.3 Å². The van der Waals surface area contributed by atoms with Gasteiger partial charge in [0.05, 0.1) is 0 Å². The lowest BCUT2D eigenvalue weighted by molar-refractivity contribution is 0.318. The second-order valence-corrected chi connectivity index (χ2v) is 6.49. The summed E-state index contributed by atoms with van der Waals surface area (Å²) in [6.45, 7) is 3.86. The van der Waals surface area contributed by atoms with E-state index < -0.39 is 0 Å². The average Bonchev–Trinajstić information content (AvgIpc) is 2.63. The molecule has 0 amide bonds. The molecule has 0 saturated heterocycles. The molecular formula is C20H18ClN3O2. The summed E-state index contributed by atoms with van der Waals surface area (Å²) in [6, 6.07) is 12.3. The molecule has 0 aliphatic rings. The van der Waals surface area contributed by atoms with E-state index in [1.54, 1.807) is 36.5 Å². The fourth-order valence-corrected chi connectivity index (χ4v) is 3.13. The number of oxime groups is 1. The van der Waals surface area contributed by atoms with Crippen molar-refractivity contribution in [3.05, 3.63) is 70.5 Å². The Hall–Kier alpha value is -3.05. The Kier molecular flexibility index (Phi) is 4.82. The molecule has 6 heteroatoms. The Morgan fingerprint density at radius 2 is 1.77 bits per heavy atom. The standard InChI is InChI=1S/C20H18ClN3O2/c1-11-7-16(12(2)23-10-11)19-17(13-3-5-15(25)6-4-13)8-14(21)9-18(19)20(22)24-26/h3-10,25-26H,1-2H3,(H2,22,24). The number of pyridine rings is 1. The molecule has 26 heavy (non-hydrogen) atoms. The monoisotopic (exact) mass is 367 g/mol. The van der Waals surface area contributed by atoms with Crippen molar-refractivity contribution >= 4 is 17.4 Å².